The fourth-order valence-electron chi connectivity index (χ4n) is 1.08. The van der Waals surface area contributed by atoms with Crippen LogP contribution >= 0.6 is 11.6 Å². The van der Waals surface area contributed by atoms with E-state index in [1.54, 1.807) is 0 Å². The number of carbonyl (C=O) groups excluding carboxylic acids is 1. The summed E-state index contributed by atoms with van der Waals surface area (Å²) in [6.07, 6.45) is 3.43. The van der Waals surface area contributed by atoms with Crippen LogP contribution < -0.4 is 10.9 Å². The Labute approximate surface area is 85.3 Å². The van der Waals surface area contributed by atoms with Crippen molar-refractivity contribution in [3.63, 3.8) is 0 Å². The van der Waals surface area contributed by atoms with Crippen molar-refractivity contribution < 1.29 is 4.79 Å². The summed E-state index contributed by atoms with van der Waals surface area (Å²) in [5.41, 5.74) is 0.0103. The number of carbonyl (C=O) groups is 1. The average molecular weight is 213 g/mol. The van der Waals surface area contributed by atoms with Crippen molar-refractivity contribution in [1.29, 1.82) is 0 Å². The molecule has 1 aromatic rings. The van der Waals surface area contributed by atoms with Crippen LogP contribution in [0, 0.1) is 0 Å². The van der Waals surface area contributed by atoms with Gasteiger partial charge < -0.3 is 10.3 Å². The van der Waals surface area contributed by atoms with E-state index in [2.05, 4.69) is 10.3 Å². The first-order valence-electron chi connectivity index (χ1n) is 4.36. The van der Waals surface area contributed by atoms with Crippen molar-refractivity contribution in [3.05, 3.63) is 33.2 Å². The number of amides is 1. The van der Waals surface area contributed by atoms with Gasteiger partial charge >= 0.3 is 0 Å². The molecule has 5 heteroatoms. The maximum atomic E-state index is 11.5. The number of aromatic nitrogens is 1. The van der Waals surface area contributed by atoms with E-state index in [1.165, 1.54) is 12.3 Å². The molecule has 0 saturated heterocycles. The summed E-state index contributed by atoms with van der Waals surface area (Å²) in [6, 6.07) is 1.67. The minimum absolute atomic E-state index is 0.0356. The summed E-state index contributed by atoms with van der Waals surface area (Å²) < 4.78 is 0. The van der Waals surface area contributed by atoms with Crippen molar-refractivity contribution in [2.45, 2.75) is 18.9 Å². The highest BCUT2D eigenvalue weighted by Gasteiger charge is 2.23. The summed E-state index contributed by atoms with van der Waals surface area (Å²) in [5, 5.41) is 2.83. The molecule has 1 amide bonds. The Morgan fingerprint density at radius 2 is 2.29 bits per heavy atom. The maximum Gasteiger partial charge on any atom is 0.266 e. The van der Waals surface area contributed by atoms with E-state index in [0.29, 0.717) is 11.6 Å². The fraction of sp³-hybridized carbons (Fsp3) is 0.333. The van der Waals surface area contributed by atoms with Crippen LogP contribution in [0.2, 0.25) is 5.02 Å². The molecule has 0 aromatic carbocycles. The summed E-state index contributed by atoms with van der Waals surface area (Å²) >= 11 is 5.59. The number of rotatable bonds is 2. The fourth-order valence-corrected chi connectivity index (χ4v) is 1.26. The van der Waals surface area contributed by atoms with Crippen LogP contribution in [0.5, 0.6) is 0 Å². The maximum absolute atomic E-state index is 11.5. The van der Waals surface area contributed by atoms with E-state index < -0.39 is 0 Å². The van der Waals surface area contributed by atoms with Crippen LogP contribution in [-0.2, 0) is 0 Å². The van der Waals surface area contributed by atoms with Crippen LogP contribution in [0.3, 0.4) is 0 Å². The standard InChI is InChI=1S/C9H9ClN2O2/c10-7-3-5(4-11-9(7)14)8(13)12-6-1-2-6/h3-4,6H,1-2H2,(H,11,14)(H,12,13). The van der Waals surface area contributed by atoms with E-state index in [4.69, 9.17) is 11.6 Å². The van der Waals surface area contributed by atoms with Crippen molar-refractivity contribution in [1.82, 2.24) is 10.3 Å². The van der Waals surface area contributed by atoms with Gasteiger partial charge in [-0.1, -0.05) is 11.6 Å². The molecule has 1 aromatic heterocycles. The highest BCUT2D eigenvalue weighted by molar-refractivity contribution is 6.30. The van der Waals surface area contributed by atoms with Crippen LogP contribution in [0.25, 0.3) is 0 Å². The molecule has 0 aliphatic heterocycles. The van der Waals surface area contributed by atoms with E-state index in [0.717, 1.165) is 12.8 Å². The first-order chi connectivity index (χ1) is 6.66. The highest BCUT2D eigenvalue weighted by atomic mass is 35.5. The monoisotopic (exact) mass is 212 g/mol. The smallest absolute Gasteiger partial charge is 0.266 e. The van der Waals surface area contributed by atoms with Gasteiger partial charge in [0.1, 0.15) is 5.02 Å². The number of hydrogen-bond donors (Lipinski definition) is 2. The van der Waals surface area contributed by atoms with Gasteiger partial charge in [-0.05, 0) is 18.9 Å². The highest BCUT2D eigenvalue weighted by Crippen LogP contribution is 2.19. The topological polar surface area (TPSA) is 62.0 Å². The Morgan fingerprint density at radius 1 is 1.57 bits per heavy atom. The molecule has 1 aliphatic rings. The molecule has 0 radical (unpaired) electrons. The number of H-pyrrole nitrogens is 1. The molecule has 2 rings (SSSR count). The van der Waals surface area contributed by atoms with Crippen LogP contribution in [0.4, 0.5) is 0 Å². The lowest BCUT2D eigenvalue weighted by molar-refractivity contribution is 0.0950. The minimum atomic E-state index is -0.380. The molecule has 1 aliphatic carbocycles. The lowest BCUT2D eigenvalue weighted by Gasteiger charge is -2.02. The molecule has 0 bridgehead atoms. The van der Waals surface area contributed by atoms with Gasteiger partial charge in [0.15, 0.2) is 0 Å². The molecule has 14 heavy (non-hydrogen) atoms. The molecule has 4 nitrogen and oxygen atoms in total. The molecule has 0 spiro atoms. The van der Waals surface area contributed by atoms with E-state index in [1.807, 2.05) is 0 Å². The van der Waals surface area contributed by atoms with Gasteiger partial charge in [-0.25, -0.2) is 0 Å². The molecular weight excluding hydrogens is 204 g/mol. The van der Waals surface area contributed by atoms with Gasteiger partial charge in [-0.3, -0.25) is 9.59 Å². The third-order valence-electron chi connectivity index (χ3n) is 2.03. The predicted molar refractivity (Wildman–Crippen MR) is 52.6 cm³/mol. The Morgan fingerprint density at radius 3 is 2.86 bits per heavy atom. The van der Waals surface area contributed by atoms with Crippen LogP contribution in [-0.4, -0.2) is 16.9 Å². The molecular formula is C9H9ClN2O2. The molecule has 0 atom stereocenters. The van der Waals surface area contributed by atoms with Crippen molar-refractivity contribution in [3.8, 4) is 0 Å². The Hall–Kier alpha value is -1.29. The molecule has 2 N–H and O–H groups in total. The van der Waals surface area contributed by atoms with E-state index in [9.17, 15) is 9.59 Å². The van der Waals surface area contributed by atoms with Gasteiger partial charge in [-0.2, -0.15) is 0 Å². The number of nitrogens with one attached hydrogen (secondary N) is 2. The van der Waals surface area contributed by atoms with Gasteiger partial charge in [0, 0.05) is 12.2 Å². The van der Waals surface area contributed by atoms with Gasteiger partial charge in [0.25, 0.3) is 11.5 Å². The molecule has 1 heterocycles. The normalized spacial score (nSPS) is 15.2. The van der Waals surface area contributed by atoms with Crippen molar-refractivity contribution in [2.75, 3.05) is 0 Å². The van der Waals surface area contributed by atoms with Gasteiger partial charge in [0.2, 0.25) is 0 Å². The van der Waals surface area contributed by atoms with Crippen molar-refractivity contribution in [2.24, 2.45) is 0 Å². The van der Waals surface area contributed by atoms with E-state index >= 15 is 0 Å². The molecule has 74 valence electrons. The van der Waals surface area contributed by atoms with Gasteiger partial charge in [0.05, 0.1) is 5.56 Å². The second-order valence-corrected chi connectivity index (χ2v) is 3.72. The number of pyridine rings is 1. The van der Waals surface area contributed by atoms with E-state index in [-0.39, 0.29) is 16.5 Å². The third kappa shape index (κ3) is 1.96. The zero-order chi connectivity index (χ0) is 10.1. The summed E-state index contributed by atoms with van der Waals surface area (Å²) in [5.74, 6) is -0.189. The lowest BCUT2D eigenvalue weighted by atomic mass is 10.2. The summed E-state index contributed by atoms with van der Waals surface area (Å²) in [4.78, 5) is 24.8. The first kappa shape index (κ1) is 9.27. The lowest BCUT2D eigenvalue weighted by Crippen LogP contribution is -2.26. The third-order valence-corrected chi connectivity index (χ3v) is 2.31. The predicted octanol–water partition coefficient (Wildman–Crippen LogP) is 0.921. The Balaban J connectivity index is 2.18. The Kier molecular flexibility index (Phi) is 2.29. The first-order valence-corrected chi connectivity index (χ1v) is 4.74. The number of halogens is 1. The second kappa shape index (κ2) is 3.46. The van der Waals surface area contributed by atoms with Crippen LogP contribution in [0.15, 0.2) is 17.1 Å². The molecule has 1 saturated carbocycles. The zero-order valence-electron chi connectivity index (χ0n) is 7.34. The molecule has 0 unspecified atom stereocenters. The minimum Gasteiger partial charge on any atom is -0.349 e. The average Bonchev–Trinajstić information content (AvgIpc) is 2.93. The van der Waals surface area contributed by atoms with Crippen LogP contribution in [0.1, 0.15) is 23.2 Å². The number of hydrogen-bond acceptors (Lipinski definition) is 2. The SMILES string of the molecule is O=C(NC1CC1)c1c[nH]c(=O)c(Cl)c1. The largest absolute Gasteiger partial charge is 0.349 e. The Bertz CT molecular complexity index is 423. The van der Waals surface area contributed by atoms with Crippen molar-refractivity contribution >= 4 is 17.5 Å². The summed E-state index contributed by atoms with van der Waals surface area (Å²) in [7, 11) is 0. The second-order valence-electron chi connectivity index (χ2n) is 3.31. The molecule has 1 fully saturated rings. The number of aromatic amines is 1. The zero-order valence-corrected chi connectivity index (χ0v) is 8.10. The summed E-state index contributed by atoms with van der Waals surface area (Å²) in [6.45, 7) is 0. The quantitative estimate of drug-likeness (QED) is 0.766. The van der Waals surface area contributed by atoms with Gasteiger partial charge in [-0.15, -0.1) is 0 Å².